The average molecular weight is 497 g/mol. The largest absolute Gasteiger partial charge is 0.375 e. The number of aryl methyl sites for hydroxylation is 1. The topological polar surface area (TPSA) is 74.7 Å². The molecule has 2 heterocycles. The average Bonchev–Trinajstić information content (AvgIpc) is 3.07. The van der Waals surface area contributed by atoms with Crippen LogP contribution in [0, 0.1) is 0 Å². The van der Waals surface area contributed by atoms with Gasteiger partial charge in [-0.15, -0.1) is 0 Å². The van der Waals surface area contributed by atoms with Crippen LogP contribution >= 0.6 is 35.4 Å². The van der Waals surface area contributed by atoms with E-state index in [0.29, 0.717) is 5.15 Å². The maximum atomic E-state index is 6.42. The van der Waals surface area contributed by atoms with E-state index in [1.54, 1.807) is 6.21 Å². The Labute approximate surface area is 205 Å². The number of benzene rings is 1. The molecule has 0 unspecified atom stereocenters. The molecule has 0 amide bonds. The Kier molecular flexibility index (Phi) is 9.59. The lowest BCUT2D eigenvalue weighted by atomic mass is 10.2. The van der Waals surface area contributed by atoms with E-state index in [0.717, 1.165) is 87.2 Å². The van der Waals surface area contributed by atoms with Crippen LogP contribution in [-0.2, 0) is 13.0 Å². The van der Waals surface area contributed by atoms with Gasteiger partial charge in [0.05, 0.1) is 16.9 Å². The molecule has 1 aromatic heterocycles. The zero-order valence-corrected chi connectivity index (χ0v) is 20.8. The first-order valence-corrected chi connectivity index (χ1v) is 12.2. The van der Waals surface area contributed by atoms with Crippen LogP contribution < -0.4 is 16.1 Å². The molecule has 0 aliphatic carbocycles. The van der Waals surface area contributed by atoms with E-state index in [2.05, 4.69) is 42.9 Å². The second kappa shape index (κ2) is 12.4. The number of nitrogens with two attached hydrogens (primary N) is 1. The summed E-state index contributed by atoms with van der Waals surface area (Å²) in [6.07, 6.45) is 5.71. The fraction of sp³-hybridized carbons (Fsp3) is 0.500. The quantitative estimate of drug-likeness (QED) is 0.295. The first-order chi connectivity index (χ1) is 15.5. The monoisotopic (exact) mass is 495 g/mol. The summed E-state index contributed by atoms with van der Waals surface area (Å²) in [6.45, 7) is 8.01. The standard InChI is InChI=1S/C22H31Cl2N7S/c1-2-3-9-20-27-21(24)19(16-26-28-22(25)32)31(20)11-6-10-29-12-14-30(15-13-29)18-8-5-4-7-17(18)23/h4-5,7-8,16H,2-3,6,9-15H2,1H3,(H3,25,28,32)/b26-16+. The van der Waals surface area contributed by atoms with Gasteiger partial charge in [0, 0.05) is 39.1 Å². The number of hydrazone groups is 1. The summed E-state index contributed by atoms with van der Waals surface area (Å²) in [5, 5.41) is 5.47. The van der Waals surface area contributed by atoms with Gasteiger partial charge >= 0.3 is 0 Å². The molecule has 1 aliphatic heterocycles. The number of halogens is 2. The van der Waals surface area contributed by atoms with E-state index in [4.69, 9.17) is 41.2 Å². The Morgan fingerprint density at radius 1 is 1.19 bits per heavy atom. The van der Waals surface area contributed by atoms with Crippen molar-refractivity contribution in [2.24, 2.45) is 10.8 Å². The molecule has 32 heavy (non-hydrogen) atoms. The smallest absolute Gasteiger partial charge is 0.184 e. The van der Waals surface area contributed by atoms with Crippen molar-refractivity contribution in [3.63, 3.8) is 0 Å². The van der Waals surface area contributed by atoms with E-state index >= 15 is 0 Å². The second-order valence-corrected chi connectivity index (χ2v) is 9.03. The third kappa shape index (κ3) is 6.81. The van der Waals surface area contributed by atoms with E-state index in [9.17, 15) is 0 Å². The first kappa shape index (κ1) is 24.8. The van der Waals surface area contributed by atoms with Crippen LogP contribution in [0.3, 0.4) is 0 Å². The van der Waals surface area contributed by atoms with Gasteiger partial charge < -0.3 is 15.2 Å². The number of hydrogen-bond acceptors (Lipinski definition) is 5. The molecule has 3 N–H and O–H groups in total. The second-order valence-electron chi connectivity index (χ2n) is 7.83. The number of piperazine rings is 1. The van der Waals surface area contributed by atoms with E-state index < -0.39 is 0 Å². The maximum Gasteiger partial charge on any atom is 0.184 e. The summed E-state index contributed by atoms with van der Waals surface area (Å²) in [4.78, 5) is 9.44. The van der Waals surface area contributed by atoms with Gasteiger partial charge in [-0.25, -0.2) is 4.98 Å². The molecule has 0 spiro atoms. The molecule has 1 aromatic carbocycles. The molecule has 1 fully saturated rings. The van der Waals surface area contributed by atoms with Gasteiger partial charge in [0.25, 0.3) is 0 Å². The molecule has 0 saturated carbocycles. The number of thiocarbonyl (C=S) groups is 1. The molecule has 3 rings (SSSR count). The summed E-state index contributed by atoms with van der Waals surface area (Å²) in [5.74, 6) is 0.997. The third-order valence-electron chi connectivity index (χ3n) is 5.58. The van der Waals surface area contributed by atoms with E-state index in [1.807, 2.05) is 18.2 Å². The number of hydrogen-bond donors (Lipinski definition) is 2. The van der Waals surface area contributed by atoms with Gasteiger partial charge in [-0.3, -0.25) is 10.3 Å². The number of nitrogens with one attached hydrogen (secondary N) is 1. The summed E-state index contributed by atoms with van der Waals surface area (Å²) < 4.78 is 2.17. The number of anilines is 1. The molecule has 0 radical (unpaired) electrons. The molecular weight excluding hydrogens is 465 g/mol. The Morgan fingerprint density at radius 2 is 1.94 bits per heavy atom. The number of nitrogens with zero attached hydrogens (tertiary/aromatic N) is 5. The highest BCUT2D eigenvalue weighted by atomic mass is 35.5. The Morgan fingerprint density at radius 3 is 2.62 bits per heavy atom. The number of para-hydroxylation sites is 1. The fourth-order valence-electron chi connectivity index (χ4n) is 3.91. The molecule has 1 saturated heterocycles. The molecular formula is C22H31Cl2N7S. The predicted molar refractivity (Wildman–Crippen MR) is 138 cm³/mol. The first-order valence-electron chi connectivity index (χ1n) is 11.0. The van der Waals surface area contributed by atoms with Crippen LogP contribution in [0.4, 0.5) is 5.69 Å². The van der Waals surface area contributed by atoms with Crippen molar-refractivity contribution < 1.29 is 0 Å². The van der Waals surface area contributed by atoms with Gasteiger partial charge in [-0.05, 0) is 43.7 Å². The molecule has 174 valence electrons. The highest BCUT2D eigenvalue weighted by Gasteiger charge is 2.19. The zero-order valence-electron chi connectivity index (χ0n) is 18.4. The minimum absolute atomic E-state index is 0.116. The third-order valence-corrected chi connectivity index (χ3v) is 6.27. The van der Waals surface area contributed by atoms with E-state index in [1.165, 1.54) is 0 Å². The van der Waals surface area contributed by atoms with Crippen LogP contribution in [0.2, 0.25) is 10.2 Å². The molecule has 0 atom stereocenters. The van der Waals surface area contributed by atoms with Gasteiger partial charge in [0.2, 0.25) is 0 Å². The van der Waals surface area contributed by atoms with Crippen molar-refractivity contribution in [3.05, 3.63) is 46.0 Å². The normalized spacial score (nSPS) is 14.9. The fourth-order valence-corrected chi connectivity index (χ4v) is 4.47. The van der Waals surface area contributed by atoms with Crippen molar-refractivity contribution in [3.8, 4) is 0 Å². The Bertz CT molecular complexity index is 923. The van der Waals surface area contributed by atoms with Crippen LogP contribution in [0.1, 0.15) is 37.7 Å². The van der Waals surface area contributed by atoms with Crippen LogP contribution in [0.25, 0.3) is 0 Å². The molecule has 2 aromatic rings. The summed E-state index contributed by atoms with van der Waals surface area (Å²) in [5.41, 5.74) is 9.95. The summed E-state index contributed by atoms with van der Waals surface area (Å²) in [7, 11) is 0. The summed E-state index contributed by atoms with van der Waals surface area (Å²) >= 11 is 17.6. The van der Waals surface area contributed by atoms with Gasteiger partial charge in [0.15, 0.2) is 10.3 Å². The highest BCUT2D eigenvalue weighted by molar-refractivity contribution is 7.80. The Hall–Kier alpha value is -1.87. The van der Waals surface area contributed by atoms with Crippen molar-refractivity contribution >= 4 is 52.4 Å². The van der Waals surface area contributed by atoms with Crippen LogP contribution in [-0.4, -0.2) is 58.5 Å². The molecule has 7 nitrogen and oxygen atoms in total. The minimum Gasteiger partial charge on any atom is -0.375 e. The van der Waals surface area contributed by atoms with Crippen molar-refractivity contribution in [2.75, 3.05) is 37.6 Å². The molecule has 1 aliphatic rings. The predicted octanol–water partition coefficient (Wildman–Crippen LogP) is 3.91. The van der Waals surface area contributed by atoms with Gasteiger partial charge in [-0.2, -0.15) is 5.10 Å². The number of aromatic nitrogens is 2. The minimum atomic E-state index is 0.116. The van der Waals surface area contributed by atoms with Crippen LogP contribution in [0.5, 0.6) is 0 Å². The number of rotatable bonds is 10. The van der Waals surface area contributed by atoms with Crippen molar-refractivity contribution in [2.45, 2.75) is 39.2 Å². The lowest BCUT2D eigenvalue weighted by Gasteiger charge is -2.36. The number of unbranched alkanes of at least 4 members (excludes halogenated alkanes) is 1. The summed E-state index contributed by atoms with van der Waals surface area (Å²) in [6, 6.07) is 8.05. The highest BCUT2D eigenvalue weighted by Crippen LogP contribution is 2.26. The van der Waals surface area contributed by atoms with E-state index in [-0.39, 0.29) is 5.11 Å². The van der Waals surface area contributed by atoms with Gasteiger partial charge in [0.1, 0.15) is 11.5 Å². The number of imidazole rings is 1. The van der Waals surface area contributed by atoms with Crippen molar-refractivity contribution in [1.82, 2.24) is 19.9 Å². The van der Waals surface area contributed by atoms with Crippen molar-refractivity contribution in [1.29, 1.82) is 0 Å². The lowest BCUT2D eigenvalue weighted by molar-refractivity contribution is 0.250. The maximum absolute atomic E-state index is 6.42. The molecule has 10 heteroatoms. The van der Waals surface area contributed by atoms with Gasteiger partial charge in [-0.1, -0.05) is 48.7 Å². The van der Waals surface area contributed by atoms with Crippen LogP contribution in [0.15, 0.2) is 29.4 Å². The Balaban J connectivity index is 1.57. The lowest BCUT2D eigenvalue weighted by Crippen LogP contribution is -2.46. The zero-order chi connectivity index (χ0) is 22.9. The SMILES string of the molecule is CCCCc1nc(Cl)c(/C=N/NC(N)=S)n1CCCN1CCN(c2ccccc2Cl)CC1. The molecule has 0 bridgehead atoms.